The van der Waals surface area contributed by atoms with Gasteiger partial charge in [0.05, 0.1) is 0 Å². The molecule has 1 heterocycles. The second-order valence-electron chi connectivity index (χ2n) is 3.86. The lowest BCUT2D eigenvalue weighted by atomic mass is 9.91. The van der Waals surface area contributed by atoms with Gasteiger partial charge >= 0.3 is 0 Å². The molecular formula is C10H19ClN2. The zero-order valence-electron chi connectivity index (χ0n) is 8.25. The zero-order chi connectivity index (χ0) is 9.68. The van der Waals surface area contributed by atoms with Crippen molar-refractivity contribution in [2.45, 2.75) is 25.8 Å². The number of piperidine rings is 1. The van der Waals surface area contributed by atoms with Gasteiger partial charge in [-0.1, -0.05) is 17.7 Å². The van der Waals surface area contributed by atoms with Gasteiger partial charge in [0, 0.05) is 18.1 Å². The van der Waals surface area contributed by atoms with Crippen LogP contribution in [-0.2, 0) is 0 Å². The van der Waals surface area contributed by atoms with Crippen LogP contribution in [0, 0.1) is 5.92 Å². The molecule has 2 nitrogen and oxygen atoms in total. The first kappa shape index (κ1) is 11.0. The molecule has 0 aromatic heterocycles. The van der Waals surface area contributed by atoms with Gasteiger partial charge in [-0.25, -0.2) is 0 Å². The van der Waals surface area contributed by atoms with Crippen molar-refractivity contribution in [3.63, 3.8) is 0 Å². The molecule has 0 radical (unpaired) electrons. The largest absolute Gasteiger partial charge is 0.328 e. The van der Waals surface area contributed by atoms with Gasteiger partial charge in [-0.3, -0.25) is 4.90 Å². The number of rotatable bonds is 3. The van der Waals surface area contributed by atoms with Gasteiger partial charge in [-0.05, 0) is 38.8 Å². The Labute approximate surface area is 85.7 Å². The molecule has 2 N–H and O–H groups in total. The summed E-state index contributed by atoms with van der Waals surface area (Å²) in [6.45, 7) is 5.41. The van der Waals surface area contributed by atoms with E-state index in [4.69, 9.17) is 17.3 Å². The van der Waals surface area contributed by atoms with E-state index in [0.717, 1.165) is 25.6 Å². The van der Waals surface area contributed by atoms with Crippen molar-refractivity contribution in [1.82, 2.24) is 4.90 Å². The van der Waals surface area contributed by atoms with Crippen LogP contribution in [0.25, 0.3) is 0 Å². The van der Waals surface area contributed by atoms with Crippen LogP contribution < -0.4 is 5.73 Å². The van der Waals surface area contributed by atoms with E-state index in [1.807, 2.05) is 6.08 Å². The average Bonchev–Trinajstić information content (AvgIpc) is 2.15. The third kappa shape index (κ3) is 3.67. The monoisotopic (exact) mass is 202 g/mol. The lowest BCUT2D eigenvalue weighted by Gasteiger charge is -2.32. The number of hydrogen-bond acceptors (Lipinski definition) is 2. The molecule has 1 fully saturated rings. The fourth-order valence-corrected chi connectivity index (χ4v) is 1.93. The van der Waals surface area contributed by atoms with Gasteiger partial charge in [0.25, 0.3) is 0 Å². The molecular weight excluding hydrogens is 184 g/mol. The minimum atomic E-state index is 0.353. The molecule has 0 aromatic rings. The van der Waals surface area contributed by atoms with Crippen molar-refractivity contribution in [3.8, 4) is 0 Å². The molecule has 1 aliphatic rings. The number of hydrogen-bond donors (Lipinski definition) is 1. The molecule has 0 aliphatic carbocycles. The Kier molecular flexibility index (Phi) is 4.78. The van der Waals surface area contributed by atoms with Gasteiger partial charge in [0.15, 0.2) is 0 Å². The van der Waals surface area contributed by atoms with Crippen LogP contribution in [0.5, 0.6) is 0 Å². The third-order valence-corrected chi connectivity index (χ3v) is 3.01. The van der Waals surface area contributed by atoms with Crippen LogP contribution in [-0.4, -0.2) is 30.6 Å². The van der Waals surface area contributed by atoms with E-state index in [1.54, 1.807) is 5.54 Å². The van der Waals surface area contributed by atoms with Crippen molar-refractivity contribution in [1.29, 1.82) is 0 Å². The van der Waals surface area contributed by atoms with Crippen LogP contribution in [0.1, 0.15) is 19.8 Å². The van der Waals surface area contributed by atoms with Crippen molar-refractivity contribution < 1.29 is 0 Å². The van der Waals surface area contributed by atoms with E-state index >= 15 is 0 Å². The Hall–Kier alpha value is -0.0500. The summed E-state index contributed by atoms with van der Waals surface area (Å²) >= 11 is 5.47. The molecule has 1 saturated heterocycles. The van der Waals surface area contributed by atoms with Gasteiger partial charge in [-0.15, -0.1) is 0 Å². The molecule has 0 amide bonds. The predicted molar refractivity (Wildman–Crippen MR) is 57.8 cm³/mol. The predicted octanol–water partition coefficient (Wildman–Crippen LogP) is 1.80. The Bertz CT molecular complexity index is 160. The molecule has 0 saturated carbocycles. The maximum Gasteiger partial charge on any atom is 0.0174 e. The molecule has 0 spiro atoms. The second kappa shape index (κ2) is 5.63. The van der Waals surface area contributed by atoms with E-state index in [-0.39, 0.29) is 0 Å². The fraction of sp³-hybridized carbons (Fsp3) is 0.800. The smallest absolute Gasteiger partial charge is 0.0174 e. The standard InChI is InChI=1S/C10H19ClN2/c1-9(12)10-3-7-13(8-4-10)6-2-5-11/h2,5,9-10H,3-4,6-8,12H2,1H3. The lowest BCUT2D eigenvalue weighted by molar-refractivity contribution is 0.187. The maximum atomic E-state index is 5.86. The Morgan fingerprint density at radius 2 is 2.15 bits per heavy atom. The Morgan fingerprint density at radius 1 is 1.54 bits per heavy atom. The van der Waals surface area contributed by atoms with Crippen LogP contribution in [0.3, 0.4) is 0 Å². The molecule has 1 aliphatic heterocycles. The van der Waals surface area contributed by atoms with Crippen LogP contribution in [0.4, 0.5) is 0 Å². The van der Waals surface area contributed by atoms with E-state index < -0.39 is 0 Å². The third-order valence-electron chi connectivity index (χ3n) is 2.83. The summed E-state index contributed by atoms with van der Waals surface area (Å²) in [6, 6.07) is 0.353. The van der Waals surface area contributed by atoms with Gasteiger partial charge in [0.1, 0.15) is 0 Å². The number of halogens is 1. The van der Waals surface area contributed by atoms with Gasteiger partial charge < -0.3 is 5.73 Å². The van der Waals surface area contributed by atoms with Gasteiger partial charge in [-0.2, -0.15) is 0 Å². The number of nitrogens with two attached hydrogens (primary N) is 1. The highest BCUT2D eigenvalue weighted by atomic mass is 35.5. The van der Waals surface area contributed by atoms with E-state index in [2.05, 4.69) is 11.8 Å². The highest BCUT2D eigenvalue weighted by Gasteiger charge is 2.20. The maximum absolute atomic E-state index is 5.86. The highest BCUT2D eigenvalue weighted by Crippen LogP contribution is 2.19. The quantitative estimate of drug-likeness (QED) is 0.757. The fourth-order valence-electron chi connectivity index (χ4n) is 1.85. The van der Waals surface area contributed by atoms with E-state index in [1.165, 1.54) is 12.8 Å². The van der Waals surface area contributed by atoms with Crippen LogP contribution >= 0.6 is 11.6 Å². The number of nitrogens with zero attached hydrogens (tertiary/aromatic N) is 1. The van der Waals surface area contributed by atoms with E-state index in [0.29, 0.717) is 6.04 Å². The minimum Gasteiger partial charge on any atom is -0.328 e. The first-order valence-corrected chi connectivity index (χ1v) is 5.41. The topological polar surface area (TPSA) is 29.3 Å². The molecule has 13 heavy (non-hydrogen) atoms. The normalized spacial score (nSPS) is 23.9. The zero-order valence-corrected chi connectivity index (χ0v) is 9.00. The SMILES string of the molecule is CC(N)C1CCN(CC=CCl)CC1. The van der Waals surface area contributed by atoms with Crippen molar-refractivity contribution >= 4 is 11.6 Å². The first-order chi connectivity index (χ1) is 6.24. The summed E-state index contributed by atoms with van der Waals surface area (Å²) < 4.78 is 0. The Morgan fingerprint density at radius 3 is 2.62 bits per heavy atom. The molecule has 1 unspecified atom stereocenters. The summed E-state index contributed by atoms with van der Waals surface area (Å²) in [5, 5.41) is 0. The molecule has 3 heteroatoms. The van der Waals surface area contributed by atoms with E-state index in [9.17, 15) is 0 Å². The Balaban J connectivity index is 2.22. The molecule has 0 bridgehead atoms. The lowest BCUT2D eigenvalue weighted by Crippen LogP contribution is -2.39. The molecule has 1 atom stereocenters. The summed E-state index contributed by atoms with van der Waals surface area (Å²) in [7, 11) is 0. The van der Waals surface area contributed by atoms with Gasteiger partial charge in [0.2, 0.25) is 0 Å². The van der Waals surface area contributed by atoms with Crippen LogP contribution in [0.15, 0.2) is 11.6 Å². The van der Waals surface area contributed by atoms with Crippen molar-refractivity contribution in [3.05, 3.63) is 11.6 Å². The highest BCUT2D eigenvalue weighted by molar-refractivity contribution is 6.25. The molecule has 1 rings (SSSR count). The molecule has 0 aromatic carbocycles. The average molecular weight is 203 g/mol. The first-order valence-electron chi connectivity index (χ1n) is 4.97. The van der Waals surface area contributed by atoms with Crippen LogP contribution in [0.2, 0.25) is 0 Å². The summed E-state index contributed by atoms with van der Waals surface area (Å²) in [4.78, 5) is 2.41. The summed E-state index contributed by atoms with van der Waals surface area (Å²) in [6.07, 6.45) is 4.45. The van der Waals surface area contributed by atoms with Crippen molar-refractivity contribution in [2.24, 2.45) is 11.7 Å². The summed E-state index contributed by atoms with van der Waals surface area (Å²) in [5.41, 5.74) is 7.45. The second-order valence-corrected chi connectivity index (χ2v) is 4.11. The summed E-state index contributed by atoms with van der Waals surface area (Å²) in [5.74, 6) is 0.719. The number of likely N-dealkylation sites (tertiary alicyclic amines) is 1. The molecule has 76 valence electrons. The minimum absolute atomic E-state index is 0.353. The van der Waals surface area contributed by atoms with Crippen molar-refractivity contribution in [2.75, 3.05) is 19.6 Å².